The number of nitrogens with one attached hydrogen (secondary N) is 1. The molecule has 1 heterocycles. The Balaban J connectivity index is 1.32. The fourth-order valence-corrected chi connectivity index (χ4v) is 2.76. The molecule has 1 aliphatic heterocycles. The van der Waals surface area contributed by atoms with Crippen LogP contribution in [0.1, 0.15) is 22.8 Å². The van der Waals surface area contributed by atoms with E-state index in [2.05, 4.69) is 5.32 Å². The van der Waals surface area contributed by atoms with Gasteiger partial charge in [-0.25, -0.2) is 4.79 Å². The lowest BCUT2D eigenvalue weighted by Gasteiger charge is -2.18. The summed E-state index contributed by atoms with van der Waals surface area (Å²) in [5.41, 5.74) is 1.55. The predicted octanol–water partition coefficient (Wildman–Crippen LogP) is 1.94. The van der Waals surface area contributed by atoms with Crippen LogP contribution in [0.2, 0.25) is 0 Å². The molecule has 1 N–H and O–H groups in total. The zero-order valence-electron chi connectivity index (χ0n) is 16.6. The largest absolute Gasteiger partial charge is 0.486 e. The van der Waals surface area contributed by atoms with E-state index in [9.17, 15) is 14.4 Å². The average molecular weight is 413 g/mol. The Bertz CT molecular complexity index is 908. The zero-order chi connectivity index (χ0) is 21.3. The molecule has 158 valence electrons. The molecular weight excluding hydrogens is 390 g/mol. The fourth-order valence-electron chi connectivity index (χ4n) is 2.76. The van der Waals surface area contributed by atoms with Gasteiger partial charge in [0.05, 0.1) is 0 Å². The summed E-state index contributed by atoms with van der Waals surface area (Å²) >= 11 is 0. The highest BCUT2D eigenvalue weighted by atomic mass is 16.6. The smallest absolute Gasteiger partial charge is 0.344 e. The SMILES string of the molecule is CC(=O)c1ccc(OCC(=O)OCC(=O)NCCc2ccc3c(c2)OCCO3)cc1. The summed E-state index contributed by atoms with van der Waals surface area (Å²) < 4.78 is 21.2. The van der Waals surface area contributed by atoms with Gasteiger partial charge in [0.15, 0.2) is 30.5 Å². The Labute approximate surface area is 174 Å². The number of amides is 1. The Morgan fingerprint density at radius 3 is 2.43 bits per heavy atom. The first-order valence-corrected chi connectivity index (χ1v) is 9.56. The van der Waals surface area contributed by atoms with Gasteiger partial charge in [-0.3, -0.25) is 9.59 Å². The molecule has 3 rings (SSSR count). The van der Waals surface area contributed by atoms with Crippen LogP contribution in [-0.2, 0) is 20.7 Å². The molecule has 2 aromatic carbocycles. The van der Waals surface area contributed by atoms with E-state index in [1.54, 1.807) is 24.3 Å². The van der Waals surface area contributed by atoms with E-state index in [1.807, 2.05) is 18.2 Å². The number of hydrogen-bond donors (Lipinski definition) is 1. The molecule has 0 atom stereocenters. The van der Waals surface area contributed by atoms with Crippen molar-refractivity contribution in [2.75, 3.05) is 33.0 Å². The lowest BCUT2D eigenvalue weighted by molar-refractivity contribution is -0.150. The lowest BCUT2D eigenvalue weighted by atomic mass is 10.1. The van der Waals surface area contributed by atoms with Crippen LogP contribution in [0.15, 0.2) is 42.5 Å². The maximum Gasteiger partial charge on any atom is 0.344 e. The summed E-state index contributed by atoms with van der Waals surface area (Å²) in [6.07, 6.45) is 0.607. The molecule has 0 spiro atoms. The molecule has 8 nitrogen and oxygen atoms in total. The molecule has 0 saturated carbocycles. The molecule has 0 fully saturated rings. The van der Waals surface area contributed by atoms with Crippen molar-refractivity contribution in [2.45, 2.75) is 13.3 Å². The number of Topliss-reactive ketones (excluding diaryl/α,β-unsaturated/α-hetero) is 1. The number of rotatable bonds is 9. The Kier molecular flexibility index (Phi) is 7.26. The minimum absolute atomic E-state index is 0.0547. The number of hydrogen-bond acceptors (Lipinski definition) is 7. The van der Waals surface area contributed by atoms with Gasteiger partial charge in [0, 0.05) is 12.1 Å². The highest BCUT2D eigenvalue weighted by Gasteiger charge is 2.12. The maximum absolute atomic E-state index is 11.8. The maximum atomic E-state index is 11.8. The van der Waals surface area contributed by atoms with Crippen molar-refractivity contribution >= 4 is 17.7 Å². The summed E-state index contributed by atoms with van der Waals surface area (Å²) in [5.74, 6) is 0.744. The second-order valence-corrected chi connectivity index (χ2v) is 6.61. The third-order valence-electron chi connectivity index (χ3n) is 4.32. The number of carbonyl (C=O) groups excluding carboxylic acids is 3. The zero-order valence-corrected chi connectivity index (χ0v) is 16.6. The summed E-state index contributed by atoms with van der Waals surface area (Å²) in [4.78, 5) is 34.8. The standard InChI is InChI=1S/C22H23NO7/c1-15(24)17-3-5-18(6-4-17)29-14-22(26)30-13-21(25)23-9-8-16-2-7-19-20(12-16)28-11-10-27-19/h2-7,12H,8-11,13-14H2,1H3,(H,23,25). The number of ketones is 1. The van der Waals surface area contributed by atoms with Crippen LogP contribution in [0, 0.1) is 0 Å². The van der Waals surface area contributed by atoms with Crippen molar-refractivity contribution < 1.29 is 33.3 Å². The van der Waals surface area contributed by atoms with Gasteiger partial charge in [-0.1, -0.05) is 6.07 Å². The van der Waals surface area contributed by atoms with Crippen molar-refractivity contribution in [1.29, 1.82) is 0 Å². The van der Waals surface area contributed by atoms with E-state index in [-0.39, 0.29) is 19.0 Å². The van der Waals surface area contributed by atoms with Gasteiger partial charge < -0.3 is 24.3 Å². The summed E-state index contributed by atoms with van der Waals surface area (Å²) in [5, 5.41) is 2.70. The first-order valence-electron chi connectivity index (χ1n) is 9.56. The molecule has 0 aliphatic carbocycles. The number of esters is 1. The molecule has 0 bridgehead atoms. The van der Waals surface area contributed by atoms with E-state index < -0.39 is 11.9 Å². The average Bonchev–Trinajstić information content (AvgIpc) is 2.76. The molecule has 1 aliphatic rings. The van der Waals surface area contributed by atoms with Crippen LogP contribution in [-0.4, -0.2) is 50.6 Å². The molecule has 0 radical (unpaired) electrons. The summed E-state index contributed by atoms with van der Waals surface area (Å²) in [6, 6.07) is 12.1. The van der Waals surface area contributed by atoms with Crippen LogP contribution in [0.4, 0.5) is 0 Å². The van der Waals surface area contributed by atoms with E-state index in [0.29, 0.717) is 43.2 Å². The number of benzene rings is 2. The minimum Gasteiger partial charge on any atom is -0.486 e. The van der Waals surface area contributed by atoms with Crippen molar-refractivity contribution in [3.05, 3.63) is 53.6 Å². The van der Waals surface area contributed by atoms with Gasteiger partial charge in [0.25, 0.3) is 5.91 Å². The van der Waals surface area contributed by atoms with E-state index in [0.717, 1.165) is 11.3 Å². The summed E-state index contributed by atoms with van der Waals surface area (Å²) in [7, 11) is 0. The molecule has 1 amide bonds. The summed E-state index contributed by atoms with van der Waals surface area (Å²) in [6.45, 7) is 2.21. The lowest BCUT2D eigenvalue weighted by Crippen LogP contribution is -2.31. The van der Waals surface area contributed by atoms with Gasteiger partial charge in [-0.2, -0.15) is 0 Å². The predicted molar refractivity (Wildman–Crippen MR) is 107 cm³/mol. The number of ether oxygens (including phenoxy) is 4. The molecule has 0 aromatic heterocycles. The molecule has 0 unspecified atom stereocenters. The van der Waals surface area contributed by atoms with Crippen molar-refractivity contribution in [2.24, 2.45) is 0 Å². The first-order chi connectivity index (χ1) is 14.5. The second-order valence-electron chi connectivity index (χ2n) is 6.61. The van der Waals surface area contributed by atoms with Crippen molar-refractivity contribution in [1.82, 2.24) is 5.32 Å². The second kappa shape index (κ2) is 10.3. The Morgan fingerprint density at radius 2 is 1.70 bits per heavy atom. The van der Waals surface area contributed by atoms with Crippen LogP contribution >= 0.6 is 0 Å². The van der Waals surface area contributed by atoms with Crippen LogP contribution in [0.25, 0.3) is 0 Å². The van der Waals surface area contributed by atoms with Gasteiger partial charge in [0.1, 0.15) is 19.0 Å². The molecule has 30 heavy (non-hydrogen) atoms. The quantitative estimate of drug-likeness (QED) is 0.495. The fraction of sp³-hybridized carbons (Fsp3) is 0.318. The van der Waals surface area contributed by atoms with E-state index in [4.69, 9.17) is 18.9 Å². The van der Waals surface area contributed by atoms with Gasteiger partial charge in [0.2, 0.25) is 0 Å². The highest BCUT2D eigenvalue weighted by Crippen LogP contribution is 2.30. The van der Waals surface area contributed by atoms with Gasteiger partial charge in [-0.05, 0) is 55.3 Å². The van der Waals surface area contributed by atoms with Crippen LogP contribution < -0.4 is 19.5 Å². The third-order valence-corrected chi connectivity index (χ3v) is 4.32. The van der Waals surface area contributed by atoms with E-state index >= 15 is 0 Å². The topological polar surface area (TPSA) is 100 Å². The van der Waals surface area contributed by atoms with Crippen molar-refractivity contribution in [3.8, 4) is 17.2 Å². The Hall–Kier alpha value is -3.55. The van der Waals surface area contributed by atoms with Crippen LogP contribution in [0.3, 0.4) is 0 Å². The molecule has 8 heteroatoms. The third kappa shape index (κ3) is 6.23. The normalized spacial score (nSPS) is 12.0. The Morgan fingerprint density at radius 1 is 0.967 bits per heavy atom. The minimum atomic E-state index is -0.660. The van der Waals surface area contributed by atoms with Gasteiger partial charge in [-0.15, -0.1) is 0 Å². The molecule has 2 aromatic rings. The number of fused-ring (bicyclic) bond motifs is 1. The van der Waals surface area contributed by atoms with Crippen molar-refractivity contribution in [3.63, 3.8) is 0 Å². The molecule has 0 saturated heterocycles. The van der Waals surface area contributed by atoms with E-state index in [1.165, 1.54) is 6.92 Å². The highest BCUT2D eigenvalue weighted by molar-refractivity contribution is 5.94. The van der Waals surface area contributed by atoms with Crippen LogP contribution in [0.5, 0.6) is 17.2 Å². The van der Waals surface area contributed by atoms with Gasteiger partial charge >= 0.3 is 5.97 Å². The first kappa shape index (κ1) is 21.2. The number of carbonyl (C=O) groups is 3. The monoisotopic (exact) mass is 413 g/mol. The molecular formula is C22H23NO7.